The summed E-state index contributed by atoms with van der Waals surface area (Å²) in [4.78, 5) is 1.42. The number of hydrogen-bond donors (Lipinski definition) is 2. The first-order chi connectivity index (χ1) is 6.81. The van der Waals surface area contributed by atoms with Crippen molar-refractivity contribution in [1.29, 1.82) is 0 Å². The maximum atomic E-state index is 5.92. The molecular weight excluding hydrogens is 204 g/mol. The van der Waals surface area contributed by atoms with E-state index in [1.807, 2.05) is 25.2 Å². The molecule has 86 valence electrons. The van der Waals surface area contributed by atoms with E-state index in [2.05, 4.69) is 36.7 Å². The zero-order valence-corrected chi connectivity index (χ0v) is 10.9. The lowest BCUT2D eigenvalue weighted by Gasteiger charge is -2.27. The molecule has 0 saturated carbocycles. The second-order valence-corrected chi connectivity index (χ2v) is 6.40. The van der Waals surface area contributed by atoms with Gasteiger partial charge in [0.1, 0.15) is 0 Å². The predicted octanol–water partition coefficient (Wildman–Crippen LogP) is 2.35. The molecule has 1 rings (SSSR count). The molecule has 15 heavy (non-hydrogen) atoms. The van der Waals surface area contributed by atoms with Gasteiger partial charge in [0, 0.05) is 28.9 Å². The summed E-state index contributed by atoms with van der Waals surface area (Å²) in [7, 11) is 0. The average Bonchev–Trinajstić information content (AvgIpc) is 2.52. The highest BCUT2D eigenvalue weighted by atomic mass is 32.1. The summed E-state index contributed by atoms with van der Waals surface area (Å²) in [6.07, 6.45) is 0. The Morgan fingerprint density at radius 3 is 2.40 bits per heavy atom. The Morgan fingerprint density at radius 1 is 1.27 bits per heavy atom. The number of nitrogens with two attached hydrogens (primary N) is 1. The third-order valence-electron chi connectivity index (χ3n) is 2.34. The van der Waals surface area contributed by atoms with Gasteiger partial charge >= 0.3 is 0 Å². The van der Waals surface area contributed by atoms with Gasteiger partial charge in [-0.3, -0.25) is 0 Å². The van der Waals surface area contributed by atoms with Crippen LogP contribution in [0.5, 0.6) is 0 Å². The highest BCUT2D eigenvalue weighted by Crippen LogP contribution is 2.26. The van der Waals surface area contributed by atoms with Crippen LogP contribution in [0.4, 0.5) is 0 Å². The quantitative estimate of drug-likeness (QED) is 0.809. The van der Waals surface area contributed by atoms with Crippen LogP contribution in [-0.4, -0.2) is 18.6 Å². The first kappa shape index (κ1) is 12.7. The van der Waals surface area contributed by atoms with Crippen molar-refractivity contribution in [3.8, 4) is 0 Å². The maximum absolute atomic E-state index is 5.92. The smallest absolute Gasteiger partial charge is 0.0223 e. The van der Waals surface area contributed by atoms with Gasteiger partial charge in [0.2, 0.25) is 0 Å². The van der Waals surface area contributed by atoms with Gasteiger partial charge in [0.25, 0.3) is 0 Å². The summed E-state index contributed by atoms with van der Waals surface area (Å²) in [6, 6.07) is 4.30. The third-order valence-corrected chi connectivity index (χ3v) is 3.57. The molecule has 0 aliphatic rings. The van der Waals surface area contributed by atoms with Crippen molar-refractivity contribution >= 4 is 11.3 Å². The van der Waals surface area contributed by atoms with Crippen LogP contribution < -0.4 is 11.1 Å². The molecule has 0 bridgehead atoms. The van der Waals surface area contributed by atoms with Crippen LogP contribution in [0.25, 0.3) is 0 Å². The van der Waals surface area contributed by atoms with E-state index in [4.69, 9.17) is 5.73 Å². The topological polar surface area (TPSA) is 38.0 Å². The van der Waals surface area contributed by atoms with Crippen molar-refractivity contribution in [2.75, 3.05) is 13.1 Å². The SMILES string of the molecule is CC(C)(N)CNCC(C)(C)c1cccs1. The minimum Gasteiger partial charge on any atom is -0.324 e. The van der Waals surface area contributed by atoms with Gasteiger partial charge in [0.15, 0.2) is 0 Å². The first-order valence-corrected chi connectivity index (χ1v) is 6.23. The molecule has 3 N–H and O–H groups in total. The molecule has 0 radical (unpaired) electrons. The van der Waals surface area contributed by atoms with Crippen LogP contribution in [0.15, 0.2) is 17.5 Å². The van der Waals surface area contributed by atoms with Crippen molar-refractivity contribution in [3.05, 3.63) is 22.4 Å². The summed E-state index contributed by atoms with van der Waals surface area (Å²) >= 11 is 1.82. The number of rotatable bonds is 5. The van der Waals surface area contributed by atoms with Gasteiger partial charge in [-0.25, -0.2) is 0 Å². The Morgan fingerprint density at radius 2 is 1.93 bits per heavy atom. The van der Waals surface area contributed by atoms with Crippen molar-refractivity contribution < 1.29 is 0 Å². The van der Waals surface area contributed by atoms with Crippen LogP contribution in [0, 0.1) is 0 Å². The predicted molar refractivity (Wildman–Crippen MR) is 68.5 cm³/mol. The number of nitrogens with one attached hydrogen (secondary N) is 1. The molecule has 1 heterocycles. The summed E-state index contributed by atoms with van der Waals surface area (Å²) in [6.45, 7) is 10.4. The van der Waals surface area contributed by atoms with E-state index in [0.29, 0.717) is 0 Å². The van der Waals surface area contributed by atoms with Gasteiger partial charge < -0.3 is 11.1 Å². The lowest BCUT2D eigenvalue weighted by Crippen LogP contribution is -2.46. The summed E-state index contributed by atoms with van der Waals surface area (Å²) in [5.74, 6) is 0. The molecule has 0 spiro atoms. The molecule has 0 atom stereocenters. The molecule has 0 unspecified atom stereocenters. The van der Waals surface area contributed by atoms with Crippen LogP contribution in [0.3, 0.4) is 0 Å². The van der Waals surface area contributed by atoms with Crippen LogP contribution in [0.1, 0.15) is 32.6 Å². The van der Waals surface area contributed by atoms with Crippen molar-refractivity contribution in [3.63, 3.8) is 0 Å². The Labute approximate surface area is 96.9 Å². The van der Waals surface area contributed by atoms with Crippen molar-refractivity contribution in [2.24, 2.45) is 5.73 Å². The molecule has 0 aromatic carbocycles. The molecule has 0 saturated heterocycles. The van der Waals surface area contributed by atoms with Crippen molar-refractivity contribution in [1.82, 2.24) is 5.32 Å². The van der Waals surface area contributed by atoms with Gasteiger partial charge in [-0.1, -0.05) is 19.9 Å². The fourth-order valence-corrected chi connectivity index (χ4v) is 2.30. The van der Waals surface area contributed by atoms with Crippen LogP contribution in [0.2, 0.25) is 0 Å². The Bertz CT molecular complexity index is 283. The zero-order chi connectivity index (χ0) is 11.5. The molecule has 1 aromatic heterocycles. The summed E-state index contributed by atoms with van der Waals surface area (Å²) in [5.41, 5.74) is 5.98. The fraction of sp³-hybridized carbons (Fsp3) is 0.667. The van der Waals surface area contributed by atoms with E-state index in [9.17, 15) is 0 Å². The molecule has 3 heteroatoms. The third kappa shape index (κ3) is 4.33. The van der Waals surface area contributed by atoms with E-state index in [1.165, 1.54) is 4.88 Å². The molecule has 1 aromatic rings. The number of hydrogen-bond acceptors (Lipinski definition) is 3. The zero-order valence-electron chi connectivity index (χ0n) is 10.1. The normalized spacial score (nSPS) is 13.1. The second-order valence-electron chi connectivity index (χ2n) is 5.45. The van der Waals surface area contributed by atoms with Crippen molar-refractivity contribution in [2.45, 2.75) is 38.6 Å². The molecule has 2 nitrogen and oxygen atoms in total. The first-order valence-electron chi connectivity index (χ1n) is 5.35. The minimum absolute atomic E-state index is 0.133. The Kier molecular flexibility index (Phi) is 3.93. The lowest BCUT2D eigenvalue weighted by atomic mass is 9.91. The summed E-state index contributed by atoms with van der Waals surface area (Å²) < 4.78 is 0. The molecule has 0 fully saturated rings. The van der Waals surface area contributed by atoms with Crippen LogP contribution in [-0.2, 0) is 5.41 Å². The Hall–Kier alpha value is -0.380. The van der Waals surface area contributed by atoms with Gasteiger partial charge in [-0.15, -0.1) is 11.3 Å². The van der Waals surface area contributed by atoms with E-state index >= 15 is 0 Å². The lowest BCUT2D eigenvalue weighted by molar-refractivity contribution is 0.414. The maximum Gasteiger partial charge on any atom is 0.0223 e. The average molecular weight is 226 g/mol. The fourth-order valence-electron chi connectivity index (χ4n) is 1.45. The largest absolute Gasteiger partial charge is 0.324 e. The molecule has 0 aliphatic heterocycles. The molecule has 0 aliphatic carbocycles. The van der Waals surface area contributed by atoms with E-state index in [0.717, 1.165) is 13.1 Å². The second kappa shape index (κ2) is 4.64. The minimum atomic E-state index is -0.133. The molecular formula is C12H22N2S. The summed E-state index contributed by atoms with van der Waals surface area (Å²) in [5, 5.41) is 5.56. The van der Waals surface area contributed by atoms with Gasteiger partial charge in [-0.05, 0) is 25.3 Å². The van der Waals surface area contributed by atoms with E-state index < -0.39 is 0 Å². The van der Waals surface area contributed by atoms with Gasteiger partial charge in [0.05, 0.1) is 0 Å². The molecule has 0 amide bonds. The van der Waals surface area contributed by atoms with Crippen LogP contribution >= 0.6 is 11.3 Å². The standard InChI is InChI=1S/C12H22N2S/c1-11(2,10-6-5-7-15-10)8-14-9-12(3,4)13/h5-7,14H,8-9,13H2,1-4H3. The van der Waals surface area contributed by atoms with E-state index in [1.54, 1.807) is 0 Å². The number of thiophene rings is 1. The monoisotopic (exact) mass is 226 g/mol. The Balaban J connectivity index is 2.44. The van der Waals surface area contributed by atoms with Gasteiger partial charge in [-0.2, -0.15) is 0 Å². The van der Waals surface area contributed by atoms with E-state index in [-0.39, 0.29) is 11.0 Å². The highest BCUT2D eigenvalue weighted by Gasteiger charge is 2.22. The highest BCUT2D eigenvalue weighted by molar-refractivity contribution is 7.10.